The summed E-state index contributed by atoms with van der Waals surface area (Å²) < 4.78 is 41.6. The average molecular weight is 475 g/mol. The molecule has 1 N–H and O–H groups in total. The van der Waals surface area contributed by atoms with E-state index in [2.05, 4.69) is 14.6 Å². The molecule has 0 atom stereocenters. The molecule has 1 saturated heterocycles. The summed E-state index contributed by atoms with van der Waals surface area (Å²) in [6, 6.07) is 10.1. The fraction of sp³-hybridized carbons (Fsp3) is 0.273. The normalized spacial score (nSPS) is 14.8. The van der Waals surface area contributed by atoms with Crippen LogP contribution in [-0.4, -0.2) is 50.4 Å². The van der Waals surface area contributed by atoms with Crippen molar-refractivity contribution in [1.82, 2.24) is 9.88 Å². The van der Waals surface area contributed by atoms with Crippen LogP contribution in [0.25, 0.3) is 0 Å². The molecule has 168 valence electrons. The molecular formula is C22H23FN4O3S2. The quantitative estimate of drug-likeness (QED) is 0.609. The number of hydrogen-bond acceptors (Lipinski definition) is 6. The fourth-order valence-corrected chi connectivity index (χ4v) is 5.29. The van der Waals surface area contributed by atoms with E-state index in [1.54, 1.807) is 47.6 Å². The van der Waals surface area contributed by atoms with Crippen LogP contribution < -0.4 is 9.62 Å². The third kappa shape index (κ3) is 4.91. The molecule has 2 heterocycles. The smallest absolute Gasteiger partial charge is 0.261 e. The Labute approximate surface area is 190 Å². The zero-order valence-corrected chi connectivity index (χ0v) is 19.1. The first-order valence-electron chi connectivity index (χ1n) is 10.2. The summed E-state index contributed by atoms with van der Waals surface area (Å²) in [5, 5.41) is 2.88. The van der Waals surface area contributed by atoms with E-state index in [0.29, 0.717) is 30.8 Å². The molecule has 7 nitrogen and oxygen atoms in total. The van der Waals surface area contributed by atoms with Gasteiger partial charge in [0.1, 0.15) is 5.82 Å². The molecule has 0 aliphatic carbocycles. The number of nitrogens with zero attached hydrogens (tertiary/aromatic N) is 3. The second-order valence-electron chi connectivity index (χ2n) is 7.54. The van der Waals surface area contributed by atoms with Gasteiger partial charge in [0, 0.05) is 49.0 Å². The minimum absolute atomic E-state index is 0.159. The Morgan fingerprint density at radius 2 is 1.97 bits per heavy atom. The van der Waals surface area contributed by atoms with Crippen LogP contribution in [-0.2, 0) is 10.0 Å². The van der Waals surface area contributed by atoms with Gasteiger partial charge in [-0.05, 0) is 49.2 Å². The summed E-state index contributed by atoms with van der Waals surface area (Å²) >= 11 is 1.57. The summed E-state index contributed by atoms with van der Waals surface area (Å²) in [7, 11) is -3.99. The van der Waals surface area contributed by atoms with Crippen molar-refractivity contribution >= 4 is 38.1 Å². The van der Waals surface area contributed by atoms with E-state index in [-0.39, 0.29) is 16.5 Å². The number of anilines is 2. The molecule has 1 aromatic heterocycles. The number of carbonyl (C=O) groups is 1. The van der Waals surface area contributed by atoms with Crippen LogP contribution >= 0.6 is 11.3 Å². The summed E-state index contributed by atoms with van der Waals surface area (Å²) in [5.74, 6) is -0.752. The van der Waals surface area contributed by atoms with Crippen molar-refractivity contribution in [2.24, 2.45) is 0 Å². The van der Waals surface area contributed by atoms with E-state index in [0.717, 1.165) is 24.2 Å². The SMILES string of the molecule is Cc1ccc(S(=O)(=O)Nc2cccc(C(=O)N3CCCN(c4nccs4)CC3)c2)cc1F. The Balaban J connectivity index is 1.47. The van der Waals surface area contributed by atoms with Gasteiger partial charge in [-0.1, -0.05) is 12.1 Å². The van der Waals surface area contributed by atoms with Crippen molar-refractivity contribution in [3.63, 3.8) is 0 Å². The van der Waals surface area contributed by atoms with Crippen molar-refractivity contribution in [3.05, 3.63) is 71.0 Å². The molecule has 0 bridgehead atoms. The molecule has 0 unspecified atom stereocenters. The highest BCUT2D eigenvalue weighted by Crippen LogP contribution is 2.22. The van der Waals surface area contributed by atoms with Crippen molar-refractivity contribution in [1.29, 1.82) is 0 Å². The van der Waals surface area contributed by atoms with Gasteiger partial charge in [-0.25, -0.2) is 17.8 Å². The lowest BCUT2D eigenvalue weighted by Crippen LogP contribution is -2.35. The van der Waals surface area contributed by atoms with Crippen LogP contribution in [0.1, 0.15) is 22.3 Å². The Bertz CT molecular complexity index is 1220. The first kappa shape index (κ1) is 22.2. The monoisotopic (exact) mass is 474 g/mol. The van der Waals surface area contributed by atoms with Crippen molar-refractivity contribution in [2.75, 3.05) is 35.8 Å². The van der Waals surface area contributed by atoms with E-state index >= 15 is 0 Å². The number of aryl methyl sites for hydroxylation is 1. The maximum absolute atomic E-state index is 13.8. The third-order valence-electron chi connectivity index (χ3n) is 5.29. The van der Waals surface area contributed by atoms with Crippen LogP contribution in [0, 0.1) is 12.7 Å². The molecule has 4 rings (SSSR count). The number of aromatic nitrogens is 1. The fourth-order valence-electron chi connectivity index (χ4n) is 3.54. The molecule has 0 saturated carbocycles. The lowest BCUT2D eigenvalue weighted by atomic mass is 10.1. The molecule has 0 spiro atoms. The standard InChI is InChI=1S/C22H23FN4O3S2/c1-16-6-7-19(15-20(16)23)32(29,30)25-18-5-2-4-17(14-18)21(28)26-9-3-10-27(12-11-26)22-24-8-13-31-22/h2,4-8,13-15,25H,3,9-12H2,1H3. The van der Waals surface area contributed by atoms with Crippen molar-refractivity contribution in [3.8, 4) is 0 Å². The Morgan fingerprint density at radius 3 is 2.72 bits per heavy atom. The number of thiazole rings is 1. The Kier molecular flexibility index (Phi) is 6.43. The van der Waals surface area contributed by atoms with Crippen molar-refractivity contribution in [2.45, 2.75) is 18.2 Å². The van der Waals surface area contributed by atoms with Crippen LogP contribution in [0.5, 0.6) is 0 Å². The number of rotatable bonds is 5. The van der Waals surface area contributed by atoms with Gasteiger partial charge in [-0.3, -0.25) is 9.52 Å². The highest BCUT2D eigenvalue weighted by atomic mass is 32.2. The zero-order valence-electron chi connectivity index (χ0n) is 17.5. The number of sulfonamides is 1. The lowest BCUT2D eigenvalue weighted by Gasteiger charge is -2.22. The van der Waals surface area contributed by atoms with Gasteiger partial charge in [-0.15, -0.1) is 11.3 Å². The second-order valence-corrected chi connectivity index (χ2v) is 10.1. The lowest BCUT2D eigenvalue weighted by molar-refractivity contribution is 0.0767. The van der Waals surface area contributed by atoms with E-state index in [1.165, 1.54) is 18.2 Å². The number of halogens is 1. The minimum Gasteiger partial charge on any atom is -0.346 e. The third-order valence-corrected chi connectivity index (χ3v) is 7.50. The molecule has 32 heavy (non-hydrogen) atoms. The molecular weight excluding hydrogens is 451 g/mol. The topological polar surface area (TPSA) is 82.6 Å². The highest BCUT2D eigenvalue weighted by Gasteiger charge is 2.22. The van der Waals surface area contributed by atoms with Gasteiger partial charge in [-0.2, -0.15) is 0 Å². The van der Waals surface area contributed by atoms with Gasteiger partial charge in [0.15, 0.2) is 5.13 Å². The summed E-state index contributed by atoms with van der Waals surface area (Å²) in [4.78, 5) is 21.2. The molecule has 1 amide bonds. The van der Waals surface area contributed by atoms with E-state index in [9.17, 15) is 17.6 Å². The van der Waals surface area contributed by atoms with Crippen LogP contribution in [0.3, 0.4) is 0 Å². The highest BCUT2D eigenvalue weighted by molar-refractivity contribution is 7.92. The molecule has 2 aromatic carbocycles. The summed E-state index contributed by atoms with van der Waals surface area (Å²) in [6.45, 7) is 4.23. The number of benzene rings is 2. The molecule has 1 aliphatic heterocycles. The average Bonchev–Trinajstić information content (AvgIpc) is 3.19. The van der Waals surface area contributed by atoms with E-state index in [4.69, 9.17) is 0 Å². The van der Waals surface area contributed by atoms with Gasteiger partial charge in [0.05, 0.1) is 4.90 Å². The van der Waals surface area contributed by atoms with Crippen LogP contribution in [0.2, 0.25) is 0 Å². The molecule has 1 fully saturated rings. The first-order chi connectivity index (χ1) is 15.3. The van der Waals surface area contributed by atoms with E-state index < -0.39 is 15.8 Å². The number of nitrogens with one attached hydrogen (secondary N) is 1. The number of carbonyl (C=O) groups excluding carboxylic acids is 1. The summed E-state index contributed by atoms with van der Waals surface area (Å²) in [5.41, 5.74) is 1.00. The van der Waals surface area contributed by atoms with Crippen LogP contribution in [0.4, 0.5) is 15.2 Å². The maximum atomic E-state index is 13.8. The Hall–Kier alpha value is -2.98. The predicted octanol–water partition coefficient (Wildman–Crippen LogP) is 3.74. The molecule has 0 radical (unpaired) electrons. The molecule has 1 aliphatic rings. The minimum atomic E-state index is -3.99. The Morgan fingerprint density at radius 1 is 1.12 bits per heavy atom. The van der Waals surface area contributed by atoms with Gasteiger partial charge < -0.3 is 9.80 Å². The van der Waals surface area contributed by atoms with E-state index in [1.807, 2.05) is 5.38 Å². The number of hydrogen-bond donors (Lipinski definition) is 1. The number of amides is 1. The second kappa shape index (κ2) is 9.25. The maximum Gasteiger partial charge on any atom is 0.261 e. The molecule has 10 heteroatoms. The van der Waals surface area contributed by atoms with Crippen molar-refractivity contribution < 1.29 is 17.6 Å². The predicted molar refractivity (Wildman–Crippen MR) is 123 cm³/mol. The van der Waals surface area contributed by atoms with Gasteiger partial charge >= 0.3 is 0 Å². The largest absolute Gasteiger partial charge is 0.346 e. The van der Waals surface area contributed by atoms with Crippen LogP contribution in [0.15, 0.2) is 58.9 Å². The van der Waals surface area contributed by atoms with Gasteiger partial charge in [0.25, 0.3) is 15.9 Å². The zero-order chi connectivity index (χ0) is 22.7. The van der Waals surface area contributed by atoms with Gasteiger partial charge in [0.2, 0.25) is 0 Å². The first-order valence-corrected chi connectivity index (χ1v) is 12.5. The molecule has 3 aromatic rings. The summed E-state index contributed by atoms with van der Waals surface area (Å²) in [6.07, 6.45) is 2.59.